The molecule has 2 unspecified atom stereocenters. The number of hydrogen-bond acceptors (Lipinski definition) is 3. The van der Waals surface area contributed by atoms with Gasteiger partial charge in [0, 0.05) is 11.8 Å². The Hall–Kier alpha value is 0.270. The highest BCUT2D eigenvalue weighted by atomic mass is 32.2. The lowest BCUT2D eigenvalue weighted by Crippen LogP contribution is -2.41. The maximum atomic E-state index is 5.37. The molecule has 0 fully saturated rings. The molecule has 2 nitrogen and oxygen atoms in total. The third-order valence-electron chi connectivity index (χ3n) is 1.89. The van der Waals surface area contributed by atoms with Crippen LogP contribution in [0.15, 0.2) is 0 Å². The summed E-state index contributed by atoms with van der Waals surface area (Å²) in [5, 5.41) is 0. The Morgan fingerprint density at radius 3 is 2.50 bits per heavy atom. The maximum absolute atomic E-state index is 5.37. The van der Waals surface area contributed by atoms with E-state index in [0.29, 0.717) is 12.0 Å². The van der Waals surface area contributed by atoms with Gasteiger partial charge in [-0.25, -0.2) is 0 Å². The van der Waals surface area contributed by atoms with Gasteiger partial charge in [0.2, 0.25) is 0 Å². The van der Waals surface area contributed by atoms with Gasteiger partial charge in [-0.15, -0.1) is 0 Å². The van der Waals surface area contributed by atoms with Crippen molar-refractivity contribution < 1.29 is 0 Å². The normalized spacial score (nSPS) is 16.8. The van der Waals surface area contributed by atoms with Gasteiger partial charge in [-0.05, 0) is 12.2 Å². The molecule has 0 aliphatic rings. The molecule has 0 aliphatic carbocycles. The Labute approximate surface area is 67.9 Å². The number of thioether (sulfide) groups is 1. The van der Waals surface area contributed by atoms with Gasteiger partial charge in [0.25, 0.3) is 0 Å². The van der Waals surface area contributed by atoms with Crippen LogP contribution in [0, 0.1) is 5.92 Å². The van der Waals surface area contributed by atoms with Crippen LogP contribution in [0.2, 0.25) is 0 Å². The number of hydrazine groups is 1. The summed E-state index contributed by atoms with van der Waals surface area (Å²) in [6.07, 6.45) is 3.29. The lowest BCUT2D eigenvalue weighted by molar-refractivity contribution is 0.403. The monoisotopic (exact) mass is 162 g/mol. The smallest absolute Gasteiger partial charge is 0.0326 e. The van der Waals surface area contributed by atoms with E-state index >= 15 is 0 Å². The van der Waals surface area contributed by atoms with Crippen LogP contribution in [0.25, 0.3) is 0 Å². The summed E-state index contributed by atoms with van der Waals surface area (Å²) in [4.78, 5) is 0. The van der Waals surface area contributed by atoms with Gasteiger partial charge in [0.1, 0.15) is 0 Å². The van der Waals surface area contributed by atoms with Crippen molar-refractivity contribution in [3.63, 3.8) is 0 Å². The van der Waals surface area contributed by atoms with Gasteiger partial charge in [-0.2, -0.15) is 11.8 Å². The zero-order chi connectivity index (χ0) is 7.98. The molecule has 2 atom stereocenters. The van der Waals surface area contributed by atoms with Gasteiger partial charge >= 0.3 is 0 Å². The molecular formula is C7H18N2S. The largest absolute Gasteiger partial charge is 0.271 e. The van der Waals surface area contributed by atoms with Gasteiger partial charge in [0.05, 0.1) is 0 Å². The zero-order valence-electron chi connectivity index (χ0n) is 7.05. The first-order chi connectivity index (χ1) is 4.76. The number of nitrogens with one attached hydrogen (secondary N) is 1. The van der Waals surface area contributed by atoms with Gasteiger partial charge < -0.3 is 0 Å². The first-order valence-electron chi connectivity index (χ1n) is 3.71. The highest BCUT2D eigenvalue weighted by molar-refractivity contribution is 7.98. The molecule has 0 aromatic carbocycles. The average Bonchev–Trinajstić information content (AvgIpc) is 1.99. The molecule has 10 heavy (non-hydrogen) atoms. The lowest BCUT2D eigenvalue weighted by atomic mass is 10.0. The van der Waals surface area contributed by atoms with Crippen molar-refractivity contribution in [2.24, 2.45) is 11.8 Å². The van der Waals surface area contributed by atoms with Crippen LogP contribution in [0.3, 0.4) is 0 Å². The van der Waals surface area contributed by atoms with E-state index in [0.717, 1.165) is 5.75 Å². The highest BCUT2D eigenvalue weighted by Gasteiger charge is 2.12. The molecule has 0 aliphatic heterocycles. The molecule has 0 saturated heterocycles. The van der Waals surface area contributed by atoms with Gasteiger partial charge in [-0.3, -0.25) is 11.3 Å². The van der Waals surface area contributed by atoms with Crippen LogP contribution in [-0.2, 0) is 0 Å². The SMILES string of the molecule is CCC(C)C(CSC)NN. The topological polar surface area (TPSA) is 38.0 Å². The molecule has 0 bridgehead atoms. The molecule has 3 heteroatoms. The fourth-order valence-corrected chi connectivity index (χ4v) is 1.62. The van der Waals surface area contributed by atoms with E-state index in [1.807, 2.05) is 11.8 Å². The van der Waals surface area contributed by atoms with Gasteiger partial charge in [-0.1, -0.05) is 20.3 Å². The first-order valence-corrected chi connectivity index (χ1v) is 5.10. The van der Waals surface area contributed by atoms with E-state index in [-0.39, 0.29) is 0 Å². The van der Waals surface area contributed by atoms with E-state index in [4.69, 9.17) is 5.84 Å². The van der Waals surface area contributed by atoms with E-state index in [9.17, 15) is 0 Å². The van der Waals surface area contributed by atoms with Crippen LogP contribution < -0.4 is 11.3 Å². The Balaban J connectivity index is 3.56. The lowest BCUT2D eigenvalue weighted by Gasteiger charge is -2.20. The summed E-state index contributed by atoms with van der Waals surface area (Å²) in [7, 11) is 0. The Kier molecular flexibility index (Phi) is 6.17. The minimum atomic E-state index is 0.472. The van der Waals surface area contributed by atoms with Crippen molar-refractivity contribution in [3.05, 3.63) is 0 Å². The summed E-state index contributed by atoms with van der Waals surface area (Å²) < 4.78 is 0. The summed E-state index contributed by atoms with van der Waals surface area (Å²) >= 11 is 1.84. The summed E-state index contributed by atoms with van der Waals surface area (Å²) in [6.45, 7) is 4.41. The molecule has 0 amide bonds. The Bertz CT molecular complexity index is 78.0. The Morgan fingerprint density at radius 2 is 2.20 bits per heavy atom. The van der Waals surface area contributed by atoms with E-state index in [1.165, 1.54) is 6.42 Å². The molecular weight excluding hydrogens is 144 g/mol. The van der Waals surface area contributed by atoms with Crippen LogP contribution in [0.5, 0.6) is 0 Å². The van der Waals surface area contributed by atoms with Crippen LogP contribution in [0.4, 0.5) is 0 Å². The second-order valence-electron chi connectivity index (χ2n) is 2.61. The standard InChI is InChI=1S/C7H18N2S/c1-4-6(2)7(9-8)5-10-3/h6-7,9H,4-5,8H2,1-3H3. The fraction of sp³-hybridized carbons (Fsp3) is 1.00. The van der Waals surface area contributed by atoms with Crippen molar-refractivity contribution in [1.82, 2.24) is 5.43 Å². The minimum Gasteiger partial charge on any atom is -0.271 e. The zero-order valence-corrected chi connectivity index (χ0v) is 7.87. The number of hydrogen-bond donors (Lipinski definition) is 2. The third-order valence-corrected chi connectivity index (χ3v) is 2.58. The minimum absolute atomic E-state index is 0.472. The number of nitrogens with two attached hydrogens (primary N) is 1. The van der Waals surface area contributed by atoms with Crippen molar-refractivity contribution in [2.45, 2.75) is 26.3 Å². The van der Waals surface area contributed by atoms with E-state index < -0.39 is 0 Å². The average molecular weight is 162 g/mol. The van der Waals surface area contributed by atoms with E-state index in [2.05, 4.69) is 25.5 Å². The third kappa shape index (κ3) is 3.44. The second-order valence-corrected chi connectivity index (χ2v) is 3.52. The second kappa shape index (κ2) is 6.01. The Morgan fingerprint density at radius 1 is 1.60 bits per heavy atom. The quantitative estimate of drug-likeness (QED) is 0.471. The molecule has 0 spiro atoms. The van der Waals surface area contributed by atoms with E-state index in [1.54, 1.807) is 0 Å². The van der Waals surface area contributed by atoms with Crippen LogP contribution in [-0.4, -0.2) is 18.1 Å². The number of rotatable bonds is 5. The predicted molar refractivity (Wildman–Crippen MR) is 48.9 cm³/mol. The fourth-order valence-electron chi connectivity index (χ4n) is 0.841. The maximum Gasteiger partial charge on any atom is 0.0326 e. The van der Waals surface area contributed by atoms with Crippen molar-refractivity contribution in [2.75, 3.05) is 12.0 Å². The molecule has 0 radical (unpaired) electrons. The molecule has 0 aromatic rings. The molecule has 0 aromatic heterocycles. The van der Waals surface area contributed by atoms with Crippen molar-refractivity contribution in [1.29, 1.82) is 0 Å². The van der Waals surface area contributed by atoms with Crippen LogP contribution >= 0.6 is 11.8 Å². The molecule has 3 N–H and O–H groups in total. The summed E-state index contributed by atoms with van der Waals surface area (Å²) in [6, 6.07) is 0.472. The highest BCUT2D eigenvalue weighted by Crippen LogP contribution is 2.10. The summed E-state index contributed by atoms with van der Waals surface area (Å²) in [5.41, 5.74) is 2.83. The van der Waals surface area contributed by atoms with Gasteiger partial charge in [0.15, 0.2) is 0 Å². The molecule has 0 heterocycles. The predicted octanol–water partition coefficient (Wildman–Crippen LogP) is 1.23. The summed E-state index contributed by atoms with van der Waals surface area (Å²) in [5.74, 6) is 7.15. The molecule has 62 valence electrons. The van der Waals surface area contributed by atoms with Crippen LogP contribution in [0.1, 0.15) is 20.3 Å². The molecule has 0 rings (SSSR count). The molecule has 0 saturated carbocycles. The first kappa shape index (κ1) is 10.3. The van der Waals surface area contributed by atoms with Crippen molar-refractivity contribution in [3.8, 4) is 0 Å². The van der Waals surface area contributed by atoms with Crippen molar-refractivity contribution >= 4 is 11.8 Å².